The molecule has 2 N–H and O–H groups in total. The van der Waals surface area contributed by atoms with Gasteiger partial charge in [0.1, 0.15) is 0 Å². The molecule has 0 atom stereocenters. The molecule has 0 saturated carbocycles. The Bertz CT molecular complexity index is 827. The maximum Gasteiger partial charge on any atom is 0.335 e. The van der Waals surface area contributed by atoms with Crippen molar-refractivity contribution in [3.63, 3.8) is 0 Å². The van der Waals surface area contributed by atoms with Gasteiger partial charge in [-0.25, -0.2) is 13.2 Å². The summed E-state index contributed by atoms with van der Waals surface area (Å²) in [5.41, 5.74) is 1.80. The molecular weight excluding hydrogens is 314 g/mol. The highest BCUT2D eigenvalue weighted by Gasteiger charge is 2.12. The number of aryl methyl sites for hydroxylation is 1. The molecule has 0 amide bonds. The number of carboxylic acid groups (broad SMARTS) is 1. The Hall–Kier alpha value is -2.60. The van der Waals surface area contributed by atoms with Crippen molar-refractivity contribution in [3.05, 3.63) is 70.6 Å². The first-order valence-electron chi connectivity index (χ1n) is 7.03. The molecule has 0 saturated heterocycles. The summed E-state index contributed by atoms with van der Waals surface area (Å²) < 4.78 is 26.8. The van der Waals surface area contributed by atoms with E-state index < -0.39 is 16.0 Å². The van der Waals surface area contributed by atoms with Gasteiger partial charge in [0, 0.05) is 0 Å². The standard InChI is InChI=1S/C17H17NO4S/c1-2-14-8-9-15(17(19)20)12-16(14)18-23(21,22)11-10-13-6-4-3-5-7-13/h3-12,18H,2H2,1H3,(H,19,20)/b11-10-. The van der Waals surface area contributed by atoms with Gasteiger partial charge < -0.3 is 5.11 Å². The number of carboxylic acids is 1. The largest absolute Gasteiger partial charge is 0.478 e. The Morgan fingerprint density at radius 2 is 1.87 bits per heavy atom. The van der Waals surface area contributed by atoms with Crippen LogP contribution in [0, 0.1) is 0 Å². The number of nitrogens with one attached hydrogen (secondary N) is 1. The lowest BCUT2D eigenvalue weighted by Crippen LogP contribution is -2.11. The molecule has 0 unspecified atom stereocenters. The van der Waals surface area contributed by atoms with Crippen molar-refractivity contribution in [1.82, 2.24) is 0 Å². The normalized spacial score (nSPS) is 11.5. The lowest BCUT2D eigenvalue weighted by Gasteiger charge is -2.10. The number of hydrogen-bond acceptors (Lipinski definition) is 3. The van der Waals surface area contributed by atoms with E-state index in [1.807, 2.05) is 25.1 Å². The lowest BCUT2D eigenvalue weighted by atomic mass is 10.1. The van der Waals surface area contributed by atoms with Crippen LogP contribution in [0.3, 0.4) is 0 Å². The highest BCUT2D eigenvalue weighted by Crippen LogP contribution is 2.20. The molecule has 120 valence electrons. The summed E-state index contributed by atoms with van der Waals surface area (Å²) in [7, 11) is -3.73. The number of rotatable bonds is 6. The Kier molecular flexibility index (Phi) is 5.18. The number of hydrogen-bond donors (Lipinski definition) is 2. The van der Waals surface area contributed by atoms with Crippen LogP contribution in [0.5, 0.6) is 0 Å². The molecule has 5 nitrogen and oxygen atoms in total. The third kappa shape index (κ3) is 4.69. The molecule has 0 radical (unpaired) electrons. The van der Waals surface area contributed by atoms with Crippen LogP contribution in [0.25, 0.3) is 6.08 Å². The van der Waals surface area contributed by atoms with Crippen LogP contribution in [0.4, 0.5) is 5.69 Å². The predicted octanol–water partition coefficient (Wildman–Crippen LogP) is 3.36. The van der Waals surface area contributed by atoms with E-state index >= 15 is 0 Å². The molecule has 0 aliphatic carbocycles. The van der Waals surface area contributed by atoms with Crippen molar-refractivity contribution in [2.45, 2.75) is 13.3 Å². The van der Waals surface area contributed by atoms with E-state index in [0.717, 1.165) is 16.5 Å². The van der Waals surface area contributed by atoms with Crippen molar-refractivity contribution in [1.29, 1.82) is 0 Å². The average molecular weight is 331 g/mol. The van der Waals surface area contributed by atoms with E-state index in [1.165, 1.54) is 18.2 Å². The van der Waals surface area contributed by atoms with Gasteiger partial charge in [0.05, 0.1) is 16.7 Å². The Labute approximate surface area is 135 Å². The van der Waals surface area contributed by atoms with Crippen LogP contribution >= 0.6 is 0 Å². The predicted molar refractivity (Wildman–Crippen MR) is 90.8 cm³/mol. The van der Waals surface area contributed by atoms with Gasteiger partial charge in [0.25, 0.3) is 10.0 Å². The zero-order valence-electron chi connectivity index (χ0n) is 12.6. The number of sulfonamides is 1. The minimum atomic E-state index is -3.73. The Morgan fingerprint density at radius 3 is 2.48 bits per heavy atom. The zero-order chi connectivity index (χ0) is 16.9. The molecule has 0 aliphatic rings. The smallest absolute Gasteiger partial charge is 0.335 e. The van der Waals surface area contributed by atoms with Crippen LogP contribution in [0.15, 0.2) is 53.9 Å². The molecule has 0 fully saturated rings. The topological polar surface area (TPSA) is 83.5 Å². The maximum atomic E-state index is 12.2. The number of anilines is 1. The quantitative estimate of drug-likeness (QED) is 0.850. The Balaban J connectivity index is 2.28. The molecular formula is C17H17NO4S. The summed E-state index contributed by atoms with van der Waals surface area (Å²) in [6.45, 7) is 1.87. The van der Waals surface area contributed by atoms with Gasteiger partial charge in [-0.1, -0.05) is 43.3 Å². The second-order valence-corrected chi connectivity index (χ2v) is 6.46. The first-order chi connectivity index (χ1) is 10.9. The fraction of sp³-hybridized carbons (Fsp3) is 0.118. The summed E-state index contributed by atoms with van der Waals surface area (Å²) in [4.78, 5) is 11.0. The summed E-state index contributed by atoms with van der Waals surface area (Å²) in [5.74, 6) is -1.10. The molecule has 6 heteroatoms. The van der Waals surface area contributed by atoms with E-state index in [4.69, 9.17) is 5.11 Å². The van der Waals surface area contributed by atoms with Crippen LogP contribution in [-0.2, 0) is 16.4 Å². The van der Waals surface area contributed by atoms with Gasteiger partial charge in [-0.15, -0.1) is 0 Å². The van der Waals surface area contributed by atoms with E-state index in [2.05, 4.69) is 4.72 Å². The number of benzene rings is 2. The molecule has 2 rings (SSSR count). The third-order valence-electron chi connectivity index (χ3n) is 3.23. The lowest BCUT2D eigenvalue weighted by molar-refractivity contribution is 0.0697. The summed E-state index contributed by atoms with van der Waals surface area (Å²) in [6.07, 6.45) is 2.06. The third-order valence-corrected chi connectivity index (χ3v) is 4.23. The van der Waals surface area contributed by atoms with Gasteiger partial charge in [0.2, 0.25) is 0 Å². The molecule has 0 aromatic heterocycles. The minimum Gasteiger partial charge on any atom is -0.478 e. The van der Waals surface area contributed by atoms with E-state index in [0.29, 0.717) is 6.42 Å². The highest BCUT2D eigenvalue weighted by molar-refractivity contribution is 7.95. The molecule has 0 heterocycles. The molecule has 0 aliphatic heterocycles. The first kappa shape index (κ1) is 16.8. The first-order valence-corrected chi connectivity index (χ1v) is 8.58. The van der Waals surface area contributed by atoms with Crippen molar-refractivity contribution in [3.8, 4) is 0 Å². The summed E-state index contributed by atoms with van der Waals surface area (Å²) >= 11 is 0. The van der Waals surface area contributed by atoms with Gasteiger partial charge in [-0.2, -0.15) is 0 Å². The van der Waals surface area contributed by atoms with E-state index in [-0.39, 0.29) is 11.3 Å². The molecule has 0 bridgehead atoms. The van der Waals surface area contributed by atoms with Crippen LogP contribution < -0.4 is 4.72 Å². The van der Waals surface area contributed by atoms with Gasteiger partial charge >= 0.3 is 5.97 Å². The monoisotopic (exact) mass is 331 g/mol. The van der Waals surface area contributed by atoms with E-state index in [9.17, 15) is 13.2 Å². The summed E-state index contributed by atoms with van der Waals surface area (Å²) in [5, 5.41) is 10.1. The molecule has 2 aromatic rings. The molecule has 0 spiro atoms. The second-order valence-electron chi connectivity index (χ2n) is 4.89. The van der Waals surface area contributed by atoms with Crippen molar-refractivity contribution < 1.29 is 18.3 Å². The van der Waals surface area contributed by atoms with Gasteiger partial charge in [0.15, 0.2) is 0 Å². The van der Waals surface area contributed by atoms with Crippen molar-refractivity contribution >= 4 is 27.8 Å². The molecule has 2 aromatic carbocycles. The minimum absolute atomic E-state index is 0.0342. The Morgan fingerprint density at radius 1 is 1.17 bits per heavy atom. The fourth-order valence-corrected chi connectivity index (χ4v) is 2.93. The van der Waals surface area contributed by atoms with Crippen molar-refractivity contribution in [2.75, 3.05) is 4.72 Å². The average Bonchev–Trinajstić information content (AvgIpc) is 2.53. The SMILES string of the molecule is CCc1ccc(C(=O)O)cc1NS(=O)(=O)/C=C\c1ccccc1. The van der Waals surface area contributed by atoms with E-state index in [1.54, 1.807) is 18.2 Å². The second kappa shape index (κ2) is 7.11. The fourth-order valence-electron chi connectivity index (χ4n) is 2.03. The van der Waals surface area contributed by atoms with Crippen LogP contribution in [0.1, 0.15) is 28.4 Å². The van der Waals surface area contributed by atoms with Gasteiger partial charge in [-0.05, 0) is 35.8 Å². The summed E-state index contributed by atoms with van der Waals surface area (Å²) in [6, 6.07) is 13.4. The number of aromatic carboxylic acids is 1. The van der Waals surface area contributed by atoms with Crippen LogP contribution in [0.2, 0.25) is 0 Å². The maximum absolute atomic E-state index is 12.2. The molecule has 23 heavy (non-hydrogen) atoms. The highest BCUT2D eigenvalue weighted by atomic mass is 32.2. The van der Waals surface area contributed by atoms with Gasteiger partial charge in [-0.3, -0.25) is 4.72 Å². The van der Waals surface area contributed by atoms with Crippen LogP contribution in [-0.4, -0.2) is 19.5 Å². The van der Waals surface area contributed by atoms with Crippen molar-refractivity contribution in [2.24, 2.45) is 0 Å². The number of carbonyl (C=O) groups is 1. The zero-order valence-corrected chi connectivity index (χ0v) is 13.4.